The second-order valence-corrected chi connectivity index (χ2v) is 4.65. The summed E-state index contributed by atoms with van der Waals surface area (Å²) in [4.78, 5) is 5.05. The third kappa shape index (κ3) is 3.11. The second kappa shape index (κ2) is 5.38. The van der Waals surface area contributed by atoms with E-state index in [1.165, 1.54) is 12.3 Å². The molecule has 1 aromatic heterocycles. The van der Waals surface area contributed by atoms with Crippen LogP contribution in [0.2, 0.25) is 5.02 Å². The van der Waals surface area contributed by atoms with E-state index < -0.39 is 5.82 Å². The van der Waals surface area contributed by atoms with Crippen LogP contribution in [0.4, 0.5) is 15.9 Å². The van der Waals surface area contributed by atoms with E-state index in [-0.39, 0.29) is 10.8 Å². The highest BCUT2D eigenvalue weighted by Gasteiger charge is 2.04. The lowest BCUT2D eigenvalue weighted by Crippen LogP contribution is -1.96. The Labute approximate surface area is 108 Å². The summed E-state index contributed by atoms with van der Waals surface area (Å²) in [5.41, 5.74) is 0.788. The number of hydrogen-bond donors (Lipinski definition) is 1. The van der Waals surface area contributed by atoms with Crippen molar-refractivity contribution in [2.24, 2.45) is 0 Å². The SMILES string of the molecule is CSc1ccc(Nc2ncc(Cl)cc2F)cc1. The molecule has 2 nitrogen and oxygen atoms in total. The molecule has 0 amide bonds. The van der Waals surface area contributed by atoms with Crippen molar-refractivity contribution in [3.8, 4) is 0 Å². The Balaban J connectivity index is 2.19. The summed E-state index contributed by atoms with van der Waals surface area (Å²) in [6.07, 6.45) is 3.41. The molecule has 0 atom stereocenters. The highest BCUT2D eigenvalue weighted by Crippen LogP contribution is 2.22. The zero-order valence-electron chi connectivity index (χ0n) is 9.08. The standard InChI is InChI=1S/C12H10ClFN2S/c1-17-10-4-2-9(3-5-10)16-12-11(14)6-8(13)7-15-12/h2-7H,1H3,(H,15,16). The maximum Gasteiger partial charge on any atom is 0.167 e. The molecule has 0 aliphatic rings. The van der Waals surface area contributed by atoms with Crippen molar-refractivity contribution in [2.75, 3.05) is 11.6 Å². The zero-order valence-corrected chi connectivity index (χ0v) is 10.6. The molecule has 88 valence electrons. The van der Waals surface area contributed by atoms with Crippen molar-refractivity contribution in [1.82, 2.24) is 4.98 Å². The van der Waals surface area contributed by atoms with Crippen molar-refractivity contribution >= 4 is 34.9 Å². The van der Waals surface area contributed by atoms with E-state index in [4.69, 9.17) is 11.6 Å². The summed E-state index contributed by atoms with van der Waals surface area (Å²) in [5.74, 6) is -0.294. The van der Waals surface area contributed by atoms with E-state index in [0.29, 0.717) is 0 Å². The minimum Gasteiger partial charge on any atom is -0.338 e. The number of nitrogens with zero attached hydrogens (tertiary/aromatic N) is 1. The first kappa shape index (κ1) is 12.2. The van der Waals surface area contributed by atoms with Crippen LogP contribution in [0, 0.1) is 5.82 Å². The highest BCUT2D eigenvalue weighted by atomic mass is 35.5. The van der Waals surface area contributed by atoms with Crippen LogP contribution in [0.25, 0.3) is 0 Å². The van der Waals surface area contributed by atoms with Gasteiger partial charge in [-0.1, -0.05) is 11.6 Å². The predicted octanol–water partition coefficient (Wildman–Crippen LogP) is 4.34. The van der Waals surface area contributed by atoms with E-state index in [1.54, 1.807) is 11.8 Å². The van der Waals surface area contributed by atoms with Crippen molar-refractivity contribution in [3.63, 3.8) is 0 Å². The van der Waals surface area contributed by atoms with E-state index in [0.717, 1.165) is 10.6 Å². The maximum absolute atomic E-state index is 13.5. The van der Waals surface area contributed by atoms with Crippen LogP contribution < -0.4 is 5.32 Å². The topological polar surface area (TPSA) is 24.9 Å². The monoisotopic (exact) mass is 268 g/mol. The van der Waals surface area contributed by atoms with Gasteiger partial charge in [-0.05, 0) is 36.6 Å². The first-order valence-electron chi connectivity index (χ1n) is 4.91. The fourth-order valence-corrected chi connectivity index (χ4v) is 1.87. The fourth-order valence-electron chi connectivity index (χ4n) is 1.32. The lowest BCUT2D eigenvalue weighted by molar-refractivity contribution is 0.626. The van der Waals surface area contributed by atoms with Gasteiger partial charge in [-0.2, -0.15) is 0 Å². The zero-order chi connectivity index (χ0) is 12.3. The van der Waals surface area contributed by atoms with Crippen LogP contribution in [0.1, 0.15) is 0 Å². The molecule has 17 heavy (non-hydrogen) atoms. The van der Waals surface area contributed by atoms with Crippen LogP contribution in [0.5, 0.6) is 0 Å². The lowest BCUT2D eigenvalue weighted by Gasteiger charge is -2.07. The van der Waals surface area contributed by atoms with E-state index >= 15 is 0 Å². The van der Waals surface area contributed by atoms with Crippen molar-refractivity contribution in [2.45, 2.75) is 4.90 Å². The smallest absolute Gasteiger partial charge is 0.167 e. The number of pyridine rings is 1. The Bertz CT molecular complexity index is 516. The quantitative estimate of drug-likeness (QED) is 0.838. The van der Waals surface area contributed by atoms with Crippen LogP contribution in [-0.4, -0.2) is 11.2 Å². The van der Waals surface area contributed by atoms with E-state index in [1.807, 2.05) is 30.5 Å². The van der Waals surface area contributed by atoms with E-state index in [2.05, 4.69) is 10.3 Å². The Hall–Kier alpha value is -1.26. The number of aromatic nitrogens is 1. The number of hydrogen-bond acceptors (Lipinski definition) is 3. The molecular formula is C12H10ClFN2S. The summed E-state index contributed by atoms with van der Waals surface area (Å²) >= 11 is 7.28. The lowest BCUT2D eigenvalue weighted by atomic mass is 10.3. The van der Waals surface area contributed by atoms with Gasteiger partial charge in [0.2, 0.25) is 0 Å². The Morgan fingerprint density at radius 1 is 1.29 bits per heavy atom. The van der Waals surface area contributed by atoms with Crippen LogP contribution >= 0.6 is 23.4 Å². The molecule has 2 rings (SSSR count). The van der Waals surface area contributed by atoms with Crippen LogP contribution in [0.15, 0.2) is 41.4 Å². The molecule has 1 N–H and O–H groups in total. The number of nitrogens with one attached hydrogen (secondary N) is 1. The maximum atomic E-state index is 13.5. The Morgan fingerprint density at radius 2 is 2.00 bits per heavy atom. The normalized spacial score (nSPS) is 10.3. The molecule has 0 saturated heterocycles. The van der Waals surface area contributed by atoms with Gasteiger partial charge in [0.15, 0.2) is 11.6 Å². The van der Waals surface area contributed by atoms with Gasteiger partial charge >= 0.3 is 0 Å². The van der Waals surface area contributed by atoms with Crippen LogP contribution in [-0.2, 0) is 0 Å². The predicted molar refractivity (Wildman–Crippen MR) is 70.7 cm³/mol. The van der Waals surface area contributed by atoms with Gasteiger partial charge in [0.1, 0.15) is 0 Å². The number of thioether (sulfide) groups is 1. The van der Waals surface area contributed by atoms with Crippen molar-refractivity contribution in [1.29, 1.82) is 0 Å². The van der Waals surface area contributed by atoms with Gasteiger partial charge in [-0.3, -0.25) is 0 Å². The molecule has 0 saturated carbocycles. The summed E-state index contributed by atoms with van der Waals surface area (Å²) in [6.45, 7) is 0. The fraction of sp³-hybridized carbons (Fsp3) is 0.0833. The van der Waals surface area contributed by atoms with Gasteiger partial charge in [0.25, 0.3) is 0 Å². The average molecular weight is 269 g/mol. The number of halogens is 2. The third-order valence-electron chi connectivity index (χ3n) is 2.16. The number of anilines is 2. The Kier molecular flexibility index (Phi) is 3.86. The van der Waals surface area contributed by atoms with E-state index in [9.17, 15) is 4.39 Å². The first-order valence-corrected chi connectivity index (χ1v) is 6.51. The second-order valence-electron chi connectivity index (χ2n) is 3.34. The van der Waals surface area contributed by atoms with Gasteiger partial charge in [-0.15, -0.1) is 11.8 Å². The summed E-state index contributed by atoms with van der Waals surface area (Å²) in [5, 5.41) is 3.18. The average Bonchev–Trinajstić information content (AvgIpc) is 2.34. The van der Waals surface area contributed by atoms with Gasteiger partial charge < -0.3 is 5.32 Å². The molecule has 0 bridgehead atoms. The van der Waals surface area contributed by atoms with Crippen molar-refractivity contribution in [3.05, 3.63) is 47.4 Å². The van der Waals surface area contributed by atoms with Gasteiger partial charge in [0, 0.05) is 16.8 Å². The molecule has 2 aromatic rings. The minimum absolute atomic E-state index is 0.173. The molecule has 0 radical (unpaired) electrons. The summed E-state index contributed by atoms with van der Waals surface area (Å²) < 4.78 is 13.5. The molecule has 0 fully saturated rings. The molecular weight excluding hydrogens is 259 g/mol. The third-order valence-corrected chi connectivity index (χ3v) is 3.11. The number of rotatable bonds is 3. The van der Waals surface area contributed by atoms with Crippen LogP contribution in [0.3, 0.4) is 0 Å². The molecule has 0 aliphatic heterocycles. The molecule has 5 heteroatoms. The summed E-state index contributed by atoms with van der Waals surface area (Å²) in [6, 6.07) is 8.90. The van der Waals surface area contributed by atoms with Gasteiger partial charge in [-0.25, -0.2) is 9.37 Å². The van der Waals surface area contributed by atoms with Gasteiger partial charge in [0.05, 0.1) is 5.02 Å². The Morgan fingerprint density at radius 3 is 2.59 bits per heavy atom. The van der Waals surface area contributed by atoms with Crippen molar-refractivity contribution < 1.29 is 4.39 Å². The molecule has 0 aliphatic carbocycles. The minimum atomic E-state index is -0.466. The highest BCUT2D eigenvalue weighted by molar-refractivity contribution is 7.98. The first-order chi connectivity index (χ1) is 8.19. The molecule has 0 spiro atoms. The number of benzene rings is 1. The summed E-state index contributed by atoms with van der Waals surface area (Å²) in [7, 11) is 0. The molecule has 1 heterocycles. The molecule has 1 aromatic carbocycles. The molecule has 0 unspecified atom stereocenters. The largest absolute Gasteiger partial charge is 0.338 e.